The molecule has 0 aliphatic heterocycles. The van der Waals surface area contributed by atoms with E-state index in [2.05, 4.69) is 19.2 Å². The molecule has 0 heterocycles. The normalized spacial score (nSPS) is 12.5. The van der Waals surface area contributed by atoms with Crippen molar-refractivity contribution in [2.24, 2.45) is 5.92 Å². The van der Waals surface area contributed by atoms with Crippen molar-refractivity contribution in [1.82, 2.24) is 5.32 Å². The molecule has 3 nitrogen and oxygen atoms in total. The first-order valence-electron chi connectivity index (χ1n) is 7.07. The van der Waals surface area contributed by atoms with E-state index < -0.39 is 0 Å². The molecule has 0 aromatic heterocycles. The SMILES string of the molecule is Cc1ccc(N)c(C(=O)NC(C)CCCC(C)C)c1. The van der Waals surface area contributed by atoms with E-state index in [1.54, 1.807) is 6.07 Å². The summed E-state index contributed by atoms with van der Waals surface area (Å²) in [5.41, 5.74) is 8.01. The van der Waals surface area contributed by atoms with Crippen LogP contribution in [0.3, 0.4) is 0 Å². The molecule has 0 saturated carbocycles. The van der Waals surface area contributed by atoms with Crippen LogP contribution in [-0.4, -0.2) is 11.9 Å². The minimum absolute atomic E-state index is 0.0711. The summed E-state index contributed by atoms with van der Waals surface area (Å²) in [6, 6.07) is 5.73. The van der Waals surface area contributed by atoms with Crippen LogP contribution in [-0.2, 0) is 0 Å². The lowest BCUT2D eigenvalue weighted by molar-refractivity contribution is 0.0938. The van der Waals surface area contributed by atoms with Gasteiger partial charge in [-0.15, -0.1) is 0 Å². The number of benzene rings is 1. The number of hydrogen-bond acceptors (Lipinski definition) is 2. The molecule has 0 aliphatic carbocycles. The second-order valence-electron chi connectivity index (χ2n) is 5.79. The molecule has 0 fully saturated rings. The smallest absolute Gasteiger partial charge is 0.253 e. The number of nitrogen functional groups attached to an aromatic ring is 1. The third-order valence-electron chi connectivity index (χ3n) is 3.25. The maximum atomic E-state index is 12.1. The average Bonchev–Trinajstić information content (AvgIpc) is 2.31. The van der Waals surface area contributed by atoms with Gasteiger partial charge in [-0.25, -0.2) is 0 Å². The zero-order valence-electron chi connectivity index (χ0n) is 12.5. The molecule has 106 valence electrons. The molecule has 3 heteroatoms. The minimum Gasteiger partial charge on any atom is -0.398 e. The summed E-state index contributed by atoms with van der Waals surface area (Å²) in [7, 11) is 0. The summed E-state index contributed by atoms with van der Waals surface area (Å²) >= 11 is 0. The summed E-state index contributed by atoms with van der Waals surface area (Å²) in [6.45, 7) is 8.44. The highest BCUT2D eigenvalue weighted by Crippen LogP contribution is 2.14. The van der Waals surface area contributed by atoms with Gasteiger partial charge in [0.2, 0.25) is 0 Å². The van der Waals surface area contributed by atoms with Gasteiger partial charge in [0, 0.05) is 11.7 Å². The molecule has 1 unspecified atom stereocenters. The standard InChI is InChI=1S/C16H26N2O/c1-11(2)6-5-7-13(4)18-16(19)14-10-12(3)8-9-15(14)17/h8-11,13H,5-7,17H2,1-4H3,(H,18,19). The summed E-state index contributed by atoms with van der Waals surface area (Å²) in [5.74, 6) is 0.647. The molecule has 1 aromatic rings. The van der Waals surface area contributed by atoms with Gasteiger partial charge in [0.15, 0.2) is 0 Å². The molecule has 19 heavy (non-hydrogen) atoms. The third-order valence-corrected chi connectivity index (χ3v) is 3.25. The number of hydrogen-bond donors (Lipinski definition) is 2. The number of amides is 1. The van der Waals surface area contributed by atoms with Crippen molar-refractivity contribution in [3.63, 3.8) is 0 Å². The highest BCUT2D eigenvalue weighted by Gasteiger charge is 2.12. The molecule has 0 radical (unpaired) electrons. The Labute approximate surface area is 116 Å². The molecular formula is C16H26N2O. The fourth-order valence-electron chi connectivity index (χ4n) is 2.07. The highest BCUT2D eigenvalue weighted by atomic mass is 16.1. The first-order valence-corrected chi connectivity index (χ1v) is 7.07. The van der Waals surface area contributed by atoms with Gasteiger partial charge in [-0.2, -0.15) is 0 Å². The zero-order valence-corrected chi connectivity index (χ0v) is 12.5. The summed E-state index contributed by atoms with van der Waals surface area (Å²) in [5, 5.41) is 3.02. The Morgan fingerprint density at radius 1 is 1.26 bits per heavy atom. The van der Waals surface area contributed by atoms with Crippen molar-refractivity contribution < 1.29 is 4.79 Å². The number of rotatable bonds is 6. The summed E-state index contributed by atoms with van der Waals surface area (Å²) in [6.07, 6.45) is 3.35. The molecule has 0 saturated heterocycles. The topological polar surface area (TPSA) is 55.1 Å². The van der Waals surface area contributed by atoms with E-state index in [1.807, 2.05) is 26.0 Å². The molecule has 1 aromatic carbocycles. The molecule has 0 spiro atoms. The van der Waals surface area contributed by atoms with E-state index >= 15 is 0 Å². The fourth-order valence-corrected chi connectivity index (χ4v) is 2.07. The van der Waals surface area contributed by atoms with Crippen molar-refractivity contribution in [3.05, 3.63) is 29.3 Å². The monoisotopic (exact) mass is 262 g/mol. The Morgan fingerprint density at radius 3 is 2.58 bits per heavy atom. The van der Waals surface area contributed by atoms with Crippen molar-refractivity contribution in [3.8, 4) is 0 Å². The van der Waals surface area contributed by atoms with Gasteiger partial charge in [0.25, 0.3) is 5.91 Å². The molecule has 0 bridgehead atoms. The van der Waals surface area contributed by atoms with E-state index in [-0.39, 0.29) is 11.9 Å². The van der Waals surface area contributed by atoms with Crippen LogP contribution in [0.2, 0.25) is 0 Å². The van der Waals surface area contributed by atoms with Crippen LogP contribution in [0.15, 0.2) is 18.2 Å². The molecule has 1 rings (SSSR count). The Kier molecular flexibility index (Phi) is 5.87. The molecule has 1 amide bonds. The number of carbonyl (C=O) groups is 1. The van der Waals surface area contributed by atoms with Crippen LogP contribution in [0.5, 0.6) is 0 Å². The van der Waals surface area contributed by atoms with Crippen LogP contribution >= 0.6 is 0 Å². The Balaban J connectivity index is 2.52. The first-order chi connectivity index (χ1) is 8.90. The van der Waals surface area contributed by atoms with Crippen molar-refractivity contribution in [1.29, 1.82) is 0 Å². The van der Waals surface area contributed by atoms with Gasteiger partial charge in [0.1, 0.15) is 0 Å². The predicted molar refractivity (Wildman–Crippen MR) is 81.2 cm³/mol. The molecule has 1 atom stereocenters. The van der Waals surface area contributed by atoms with Crippen LogP contribution in [0.4, 0.5) is 5.69 Å². The maximum absolute atomic E-state index is 12.1. The summed E-state index contributed by atoms with van der Waals surface area (Å²) < 4.78 is 0. The second-order valence-corrected chi connectivity index (χ2v) is 5.79. The van der Waals surface area contributed by atoms with Gasteiger partial charge >= 0.3 is 0 Å². The van der Waals surface area contributed by atoms with E-state index in [1.165, 1.54) is 6.42 Å². The van der Waals surface area contributed by atoms with E-state index in [0.29, 0.717) is 11.3 Å². The molecular weight excluding hydrogens is 236 g/mol. The average molecular weight is 262 g/mol. The Hall–Kier alpha value is -1.51. The van der Waals surface area contributed by atoms with Gasteiger partial charge in [-0.1, -0.05) is 38.3 Å². The Bertz CT molecular complexity index is 427. The van der Waals surface area contributed by atoms with Crippen molar-refractivity contribution in [2.45, 2.75) is 53.0 Å². The predicted octanol–water partition coefficient (Wildman–Crippen LogP) is 3.52. The molecule has 3 N–H and O–H groups in total. The zero-order chi connectivity index (χ0) is 14.4. The van der Waals surface area contributed by atoms with Crippen molar-refractivity contribution in [2.75, 3.05) is 5.73 Å². The number of anilines is 1. The number of carbonyl (C=O) groups excluding carboxylic acids is 1. The summed E-state index contributed by atoms with van der Waals surface area (Å²) in [4.78, 5) is 12.1. The number of nitrogens with one attached hydrogen (secondary N) is 1. The van der Waals surface area contributed by atoms with Crippen molar-refractivity contribution >= 4 is 11.6 Å². The van der Waals surface area contributed by atoms with Gasteiger partial charge < -0.3 is 11.1 Å². The van der Waals surface area contributed by atoms with Crippen LogP contribution in [0, 0.1) is 12.8 Å². The molecule has 0 aliphatic rings. The minimum atomic E-state index is -0.0711. The fraction of sp³-hybridized carbons (Fsp3) is 0.562. The van der Waals surface area contributed by atoms with Gasteiger partial charge in [-0.3, -0.25) is 4.79 Å². The van der Waals surface area contributed by atoms with E-state index in [9.17, 15) is 4.79 Å². The number of aryl methyl sites for hydroxylation is 1. The first kappa shape index (κ1) is 15.5. The lowest BCUT2D eigenvalue weighted by atomic mass is 10.0. The van der Waals surface area contributed by atoms with Gasteiger partial charge in [-0.05, 0) is 38.3 Å². The third kappa shape index (κ3) is 5.33. The largest absolute Gasteiger partial charge is 0.398 e. The Morgan fingerprint density at radius 2 is 1.95 bits per heavy atom. The quantitative estimate of drug-likeness (QED) is 0.771. The highest BCUT2D eigenvalue weighted by molar-refractivity contribution is 5.99. The van der Waals surface area contributed by atoms with Crippen LogP contribution in [0.1, 0.15) is 56.0 Å². The maximum Gasteiger partial charge on any atom is 0.253 e. The van der Waals surface area contributed by atoms with Gasteiger partial charge in [0.05, 0.1) is 5.56 Å². The van der Waals surface area contributed by atoms with Crippen LogP contribution < -0.4 is 11.1 Å². The van der Waals surface area contributed by atoms with E-state index in [0.717, 1.165) is 24.3 Å². The second kappa shape index (κ2) is 7.17. The van der Waals surface area contributed by atoms with E-state index in [4.69, 9.17) is 5.73 Å². The lowest BCUT2D eigenvalue weighted by Crippen LogP contribution is -2.33. The lowest BCUT2D eigenvalue weighted by Gasteiger charge is -2.15. The van der Waals surface area contributed by atoms with Crippen LogP contribution in [0.25, 0.3) is 0 Å². The number of nitrogens with two attached hydrogens (primary N) is 1.